The van der Waals surface area contributed by atoms with E-state index in [0.717, 1.165) is 0 Å². The molecule has 0 aromatic heterocycles. The highest BCUT2D eigenvalue weighted by molar-refractivity contribution is 7.80. The molecule has 0 aliphatic rings. The van der Waals surface area contributed by atoms with Crippen molar-refractivity contribution in [1.82, 2.24) is 10.6 Å². The zero-order chi connectivity index (χ0) is 21.6. The van der Waals surface area contributed by atoms with Crippen LogP contribution < -0.4 is 25.4 Å². The van der Waals surface area contributed by atoms with Crippen LogP contribution in [0.15, 0.2) is 42.5 Å². The van der Waals surface area contributed by atoms with Crippen LogP contribution in [0, 0.1) is 0 Å². The second-order valence-electron chi connectivity index (χ2n) is 5.60. The maximum absolute atomic E-state index is 12.7. The number of benzene rings is 2. The van der Waals surface area contributed by atoms with E-state index in [4.69, 9.17) is 68.1 Å². The number of nitrogens with one attached hydrogen (secondary N) is 3. The Morgan fingerprint density at radius 1 is 1.03 bits per heavy atom. The third kappa shape index (κ3) is 6.69. The van der Waals surface area contributed by atoms with Crippen molar-refractivity contribution in [2.24, 2.45) is 0 Å². The Morgan fingerprint density at radius 3 is 2.28 bits per heavy atom. The number of ether oxygens (including phenoxy) is 2. The normalized spacial score (nSPS) is 11.9. The average Bonchev–Trinajstić information content (AvgIpc) is 2.67. The number of halogens is 4. The summed E-state index contributed by atoms with van der Waals surface area (Å²) < 4.78 is 8.45. The van der Waals surface area contributed by atoms with E-state index < -0.39 is 15.9 Å². The largest absolute Gasteiger partial charge is 0.493 e. The van der Waals surface area contributed by atoms with Gasteiger partial charge in [-0.05, 0) is 42.5 Å². The van der Waals surface area contributed by atoms with Crippen molar-refractivity contribution in [3.8, 4) is 11.5 Å². The minimum atomic E-state index is -1.90. The Balaban J connectivity index is 2.13. The van der Waals surface area contributed by atoms with Crippen LogP contribution in [0.5, 0.6) is 11.5 Å². The molecule has 2 rings (SSSR count). The first-order chi connectivity index (χ1) is 13.7. The zero-order valence-electron chi connectivity index (χ0n) is 15.3. The standard InChI is InChI=1S/C18H17Cl4N3O3S/c1-27-13-8-7-10(9-14(13)28-2)15(26)24-16(18(20,21)22)25-17(29)23-12-6-4-3-5-11(12)19/h3-9,16H,1-2H3,(H,24,26)(H2,23,25,29). The first-order valence-corrected chi connectivity index (χ1v) is 9.99. The van der Waals surface area contributed by atoms with E-state index in [1.165, 1.54) is 20.3 Å². The highest BCUT2D eigenvalue weighted by Gasteiger charge is 2.35. The van der Waals surface area contributed by atoms with Crippen LogP contribution in [0.2, 0.25) is 5.02 Å². The summed E-state index contributed by atoms with van der Waals surface area (Å²) in [6.45, 7) is 0. The van der Waals surface area contributed by atoms with Crippen LogP contribution in [0.1, 0.15) is 10.4 Å². The molecule has 1 unspecified atom stereocenters. The zero-order valence-corrected chi connectivity index (χ0v) is 19.1. The van der Waals surface area contributed by atoms with Crippen molar-refractivity contribution in [2.75, 3.05) is 19.5 Å². The monoisotopic (exact) mass is 495 g/mol. The number of hydrogen-bond donors (Lipinski definition) is 3. The summed E-state index contributed by atoms with van der Waals surface area (Å²) in [4.78, 5) is 12.7. The number of alkyl halides is 3. The van der Waals surface area contributed by atoms with Crippen LogP contribution in [-0.2, 0) is 0 Å². The third-order valence-corrected chi connectivity index (χ3v) is 4.85. The first kappa shape index (κ1) is 23.6. The summed E-state index contributed by atoms with van der Waals surface area (Å²) in [7, 11) is 2.96. The number of amides is 1. The van der Waals surface area contributed by atoms with Crippen molar-refractivity contribution >= 4 is 75.3 Å². The third-order valence-electron chi connectivity index (χ3n) is 3.65. The predicted octanol–water partition coefficient (Wildman–Crippen LogP) is 4.77. The van der Waals surface area contributed by atoms with Crippen LogP contribution in [0.25, 0.3) is 0 Å². The SMILES string of the molecule is COc1ccc(C(=O)NC(NC(=S)Nc2ccccc2Cl)C(Cl)(Cl)Cl)cc1OC. The molecular weight excluding hydrogens is 480 g/mol. The Bertz CT molecular complexity index is 893. The Hall–Kier alpha value is -1.64. The molecule has 0 saturated carbocycles. The number of carbonyl (C=O) groups excluding carboxylic acids is 1. The summed E-state index contributed by atoms with van der Waals surface area (Å²) in [6.07, 6.45) is -1.14. The van der Waals surface area contributed by atoms with Gasteiger partial charge in [0.2, 0.25) is 3.79 Å². The van der Waals surface area contributed by atoms with Crippen molar-refractivity contribution < 1.29 is 14.3 Å². The quantitative estimate of drug-likeness (QED) is 0.304. The summed E-state index contributed by atoms with van der Waals surface area (Å²) in [5, 5.41) is 8.79. The number of thiocarbonyl (C=S) groups is 1. The molecule has 0 saturated heterocycles. The summed E-state index contributed by atoms with van der Waals surface area (Å²) in [5.41, 5.74) is 0.828. The van der Waals surface area contributed by atoms with Crippen LogP contribution in [0.4, 0.5) is 5.69 Å². The number of para-hydroxylation sites is 1. The first-order valence-electron chi connectivity index (χ1n) is 8.07. The second-order valence-corrected chi connectivity index (χ2v) is 8.78. The Labute approximate surface area is 193 Å². The van der Waals surface area contributed by atoms with Crippen molar-refractivity contribution in [3.63, 3.8) is 0 Å². The van der Waals surface area contributed by atoms with Crippen molar-refractivity contribution in [1.29, 1.82) is 0 Å². The van der Waals surface area contributed by atoms with Gasteiger partial charge in [-0.25, -0.2) is 0 Å². The number of methoxy groups -OCH3 is 2. The molecule has 0 fully saturated rings. The average molecular weight is 497 g/mol. The number of anilines is 1. The molecule has 1 atom stereocenters. The van der Waals surface area contributed by atoms with E-state index >= 15 is 0 Å². The van der Waals surface area contributed by atoms with Gasteiger partial charge in [-0.15, -0.1) is 0 Å². The van der Waals surface area contributed by atoms with Gasteiger partial charge in [0.25, 0.3) is 5.91 Å². The lowest BCUT2D eigenvalue weighted by Crippen LogP contribution is -2.56. The van der Waals surface area contributed by atoms with Gasteiger partial charge in [-0.3, -0.25) is 4.79 Å². The van der Waals surface area contributed by atoms with Crippen LogP contribution in [0.3, 0.4) is 0 Å². The Kier molecular flexibility index (Phi) is 8.48. The van der Waals surface area contributed by atoms with Gasteiger partial charge in [0.1, 0.15) is 6.17 Å². The van der Waals surface area contributed by atoms with Gasteiger partial charge in [0.05, 0.1) is 24.9 Å². The van der Waals surface area contributed by atoms with Gasteiger partial charge >= 0.3 is 0 Å². The molecule has 2 aromatic rings. The fraction of sp³-hybridized carbons (Fsp3) is 0.222. The van der Waals surface area contributed by atoms with Crippen molar-refractivity contribution in [2.45, 2.75) is 9.96 Å². The van der Waals surface area contributed by atoms with Gasteiger partial charge in [-0.2, -0.15) is 0 Å². The lowest BCUT2D eigenvalue weighted by Gasteiger charge is -2.28. The van der Waals surface area contributed by atoms with Gasteiger partial charge in [0, 0.05) is 5.56 Å². The molecule has 0 spiro atoms. The molecule has 0 aliphatic carbocycles. The topological polar surface area (TPSA) is 71.6 Å². The van der Waals surface area contributed by atoms with Gasteiger partial charge in [-0.1, -0.05) is 58.5 Å². The molecule has 0 radical (unpaired) electrons. The lowest BCUT2D eigenvalue weighted by molar-refractivity contribution is 0.0934. The van der Waals surface area contributed by atoms with Gasteiger partial charge < -0.3 is 25.4 Å². The molecule has 11 heteroatoms. The van der Waals surface area contributed by atoms with E-state index in [2.05, 4.69) is 16.0 Å². The maximum Gasteiger partial charge on any atom is 0.253 e. The van der Waals surface area contributed by atoms with E-state index in [-0.39, 0.29) is 10.7 Å². The minimum absolute atomic E-state index is 0.0991. The summed E-state index contributed by atoms with van der Waals surface area (Å²) in [5.74, 6) is 0.343. The highest BCUT2D eigenvalue weighted by Crippen LogP contribution is 2.31. The molecular formula is C18H17Cl4N3O3S. The molecule has 0 bridgehead atoms. The molecule has 0 aliphatic heterocycles. The fourth-order valence-electron chi connectivity index (χ4n) is 2.24. The van der Waals surface area contributed by atoms with E-state index in [1.54, 1.807) is 36.4 Å². The fourth-order valence-corrected chi connectivity index (χ4v) is 2.98. The second kappa shape index (κ2) is 10.4. The predicted molar refractivity (Wildman–Crippen MR) is 122 cm³/mol. The summed E-state index contributed by atoms with van der Waals surface area (Å²) >= 11 is 29.4. The maximum atomic E-state index is 12.7. The van der Waals surface area contributed by atoms with Crippen LogP contribution >= 0.6 is 58.6 Å². The number of carbonyl (C=O) groups is 1. The molecule has 2 aromatic carbocycles. The molecule has 3 N–H and O–H groups in total. The Morgan fingerprint density at radius 2 is 1.69 bits per heavy atom. The molecule has 1 amide bonds. The number of rotatable bonds is 6. The summed E-state index contributed by atoms with van der Waals surface area (Å²) in [6, 6.07) is 11.6. The molecule has 156 valence electrons. The van der Waals surface area contributed by atoms with E-state index in [0.29, 0.717) is 22.2 Å². The molecule has 6 nitrogen and oxygen atoms in total. The van der Waals surface area contributed by atoms with Gasteiger partial charge in [0.15, 0.2) is 16.6 Å². The minimum Gasteiger partial charge on any atom is -0.493 e. The van der Waals surface area contributed by atoms with Crippen molar-refractivity contribution in [3.05, 3.63) is 53.1 Å². The number of hydrogen-bond acceptors (Lipinski definition) is 4. The molecule has 0 heterocycles. The van der Waals surface area contributed by atoms with Crippen LogP contribution in [-0.4, -0.2) is 35.2 Å². The molecule has 29 heavy (non-hydrogen) atoms. The smallest absolute Gasteiger partial charge is 0.253 e. The highest BCUT2D eigenvalue weighted by atomic mass is 35.6. The lowest BCUT2D eigenvalue weighted by atomic mass is 10.2. The van der Waals surface area contributed by atoms with E-state index in [1.807, 2.05) is 0 Å². The van der Waals surface area contributed by atoms with E-state index in [9.17, 15) is 4.79 Å².